The van der Waals surface area contributed by atoms with Gasteiger partial charge < -0.3 is 4.90 Å². The van der Waals surface area contributed by atoms with Crippen LogP contribution in [0.3, 0.4) is 0 Å². The zero-order chi connectivity index (χ0) is 28.8. The number of aromatic nitrogens is 3. The second-order valence-electron chi connectivity index (χ2n) is 10.3. The Morgan fingerprint density at radius 2 is 1.59 bits per heavy atom. The predicted molar refractivity (Wildman–Crippen MR) is 162 cm³/mol. The second kappa shape index (κ2) is 13.0. The van der Waals surface area contributed by atoms with E-state index >= 15 is 0 Å². The maximum absolute atomic E-state index is 13.1. The topological polar surface area (TPSA) is 88.4 Å². The molecule has 0 bridgehead atoms. The molecule has 0 aliphatic carbocycles. The molecule has 0 spiro atoms. The Hall–Kier alpha value is -3.47. The first-order valence-electron chi connectivity index (χ1n) is 13.9. The fraction of sp³-hybridized carbons (Fsp3) is 0.323. The van der Waals surface area contributed by atoms with Gasteiger partial charge in [0.25, 0.3) is 0 Å². The molecule has 1 aliphatic rings. The smallest absolute Gasteiger partial charge is 0.243 e. The molecule has 0 saturated carbocycles. The Morgan fingerprint density at radius 3 is 2.27 bits per heavy atom. The van der Waals surface area contributed by atoms with Crippen molar-refractivity contribution in [2.45, 2.75) is 49.2 Å². The zero-order valence-corrected chi connectivity index (χ0v) is 25.0. The minimum Gasteiger partial charge on any atom is -0.340 e. The molecule has 1 aromatic heterocycles. The van der Waals surface area contributed by atoms with Crippen LogP contribution in [0, 0.1) is 6.92 Å². The molecule has 1 saturated heterocycles. The van der Waals surface area contributed by atoms with Crippen molar-refractivity contribution >= 4 is 27.7 Å². The minimum absolute atomic E-state index is 0.0766. The normalized spacial score (nSPS) is 16.1. The molecule has 1 aliphatic heterocycles. The number of carbonyl (C=O) groups is 1. The molecule has 214 valence electrons. The van der Waals surface area contributed by atoms with Crippen LogP contribution in [0.15, 0.2) is 95.0 Å². The summed E-state index contributed by atoms with van der Waals surface area (Å²) < 4.78 is 29.7. The van der Waals surface area contributed by atoms with E-state index in [1.807, 2.05) is 25.1 Å². The van der Waals surface area contributed by atoms with Crippen LogP contribution in [-0.4, -0.2) is 69.7 Å². The Morgan fingerprint density at radius 1 is 0.902 bits per heavy atom. The predicted octanol–water partition coefficient (Wildman–Crippen LogP) is 5.43. The molecule has 1 fully saturated rings. The van der Waals surface area contributed by atoms with E-state index in [1.165, 1.54) is 9.87 Å². The van der Waals surface area contributed by atoms with Gasteiger partial charge in [-0.3, -0.25) is 9.36 Å². The number of aryl methyl sites for hydroxylation is 1. The number of para-hydroxylation sites is 1. The highest BCUT2D eigenvalue weighted by molar-refractivity contribution is 7.99. The van der Waals surface area contributed by atoms with E-state index in [0.717, 1.165) is 40.8 Å². The minimum atomic E-state index is -3.57. The molecular formula is C31H35N5O3S2. The number of carbonyl (C=O) groups excluding carboxylic acids is 1. The van der Waals surface area contributed by atoms with Crippen LogP contribution in [0.4, 0.5) is 0 Å². The monoisotopic (exact) mass is 589 g/mol. The lowest BCUT2D eigenvalue weighted by Crippen LogP contribution is -2.55. The quantitative estimate of drug-likeness (QED) is 0.181. The van der Waals surface area contributed by atoms with Crippen LogP contribution in [0.5, 0.6) is 0 Å². The highest BCUT2D eigenvalue weighted by atomic mass is 32.2. The lowest BCUT2D eigenvalue weighted by Gasteiger charge is -2.39. The van der Waals surface area contributed by atoms with Gasteiger partial charge in [-0.05, 0) is 51.0 Å². The molecule has 8 nitrogen and oxygen atoms in total. The summed E-state index contributed by atoms with van der Waals surface area (Å²) in [4.78, 5) is 15.0. The summed E-state index contributed by atoms with van der Waals surface area (Å²) in [6.07, 6.45) is 2.06. The highest BCUT2D eigenvalue weighted by Crippen LogP contribution is 2.29. The maximum atomic E-state index is 13.1. The van der Waals surface area contributed by atoms with Crippen molar-refractivity contribution in [3.05, 3.63) is 90.5 Å². The van der Waals surface area contributed by atoms with Gasteiger partial charge in [-0.1, -0.05) is 78.0 Å². The van der Waals surface area contributed by atoms with Crippen LogP contribution >= 0.6 is 11.8 Å². The molecule has 41 heavy (non-hydrogen) atoms. The molecule has 4 aromatic rings. The van der Waals surface area contributed by atoms with Crippen molar-refractivity contribution in [1.82, 2.24) is 24.0 Å². The number of hydrogen-bond acceptors (Lipinski definition) is 6. The van der Waals surface area contributed by atoms with Crippen molar-refractivity contribution in [1.29, 1.82) is 0 Å². The van der Waals surface area contributed by atoms with Gasteiger partial charge in [0.2, 0.25) is 15.9 Å². The lowest BCUT2D eigenvalue weighted by molar-refractivity contribution is -0.133. The van der Waals surface area contributed by atoms with Gasteiger partial charge in [0, 0.05) is 49.1 Å². The summed E-state index contributed by atoms with van der Waals surface area (Å²) in [5, 5.41) is 9.84. The van der Waals surface area contributed by atoms with Crippen LogP contribution in [-0.2, 0) is 14.8 Å². The van der Waals surface area contributed by atoms with Gasteiger partial charge in [0.15, 0.2) is 11.0 Å². The van der Waals surface area contributed by atoms with Gasteiger partial charge in [-0.2, -0.15) is 4.31 Å². The number of unbranched alkanes of at least 4 members (excludes halogenated alkanes) is 1. The Balaban J connectivity index is 1.14. The number of thioether (sulfide) groups is 1. The average Bonchev–Trinajstić information content (AvgIpc) is 3.41. The molecule has 0 radical (unpaired) electrons. The van der Waals surface area contributed by atoms with Gasteiger partial charge in [0.1, 0.15) is 0 Å². The van der Waals surface area contributed by atoms with E-state index < -0.39 is 10.0 Å². The molecule has 3 aromatic carbocycles. The van der Waals surface area contributed by atoms with Crippen LogP contribution < -0.4 is 0 Å². The van der Waals surface area contributed by atoms with E-state index in [-0.39, 0.29) is 11.9 Å². The summed E-state index contributed by atoms with van der Waals surface area (Å²) in [5.74, 6) is 1.69. The van der Waals surface area contributed by atoms with E-state index in [9.17, 15) is 13.2 Å². The largest absolute Gasteiger partial charge is 0.340 e. The van der Waals surface area contributed by atoms with Crippen molar-refractivity contribution in [3.63, 3.8) is 0 Å². The fourth-order valence-electron chi connectivity index (χ4n) is 5.02. The molecule has 1 unspecified atom stereocenters. The van der Waals surface area contributed by atoms with Gasteiger partial charge in [-0.25, -0.2) is 8.42 Å². The second-order valence-corrected chi connectivity index (χ2v) is 13.2. The summed E-state index contributed by atoms with van der Waals surface area (Å²) >= 11 is 1.64. The van der Waals surface area contributed by atoms with Gasteiger partial charge >= 0.3 is 0 Å². The van der Waals surface area contributed by atoms with Crippen molar-refractivity contribution < 1.29 is 13.2 Å². The SMILES string of the molecule is Cc1ccc(-c2nnc(SCCCCC(=O)N3CCN(S(=O)(=O)c4ccccc4)C(C)C3)n2-c2ccccc2)cc1. The lowest BCUT2D eigenvalue weighted by atomic mass is 10.1. The number of benzene rings is 3. The standard InChI is InChI=1S/C31H35N5O3S2/c1-24-16-18-26(19-17-24)30-32-33-31(36(30)27-11-5-3-6-12-27)40-22-10-9-15-29(37)34-20-21-35(25(2)23-34)41(38,39)28-13-7-4-8-14-28/h3-8,11-14,16-19,25H,9-10,15,20-23H2,1-2H3. The van der Waals surface area contributed by atoms with E-state index in [2.05, 4.69) is 58.1 Å². The molecule has 10 heteroatoms. The summed E-state index contributed by atoms with van der Waals surface area (Å²) in [6, 6.07) is 26.6. The van der Waals surface area contributed by atoms with E-state index in [0.29, 0.717) is 31.0 Å². The number of hydrogen-bond donors (Lipinski definition) is 0. The van der Waals surface area contributed by atoms with Crippen molar-refractivity contribution in [3.8, 4) is 17.1 Å². The average molecular weight is 590 g/mol. The Labute approximate surface area is 246 Å². The first-order valence-corrected chi connectivity index (χ1v) is 16.3. The first kappa shape index (κ1) is 29.0. The van der Waals surface area contributed by atoms with E-state index in [4.69, 9.17) is 0 Å². The third-order valence-corrected chi connectivity index (χ3v) is 10.3. The molecule has 2 heterocycles. The fourth-order valence-corrected chi connectivity index (χ4v) is 7.60. The maximum Gasteiger partial charge on any atom is 0.243 e. The first-order chi connectivity index (χ1) is 19.8. The highest BCUT2D eigenvalue weighted by Gasteiger charge is 2.34. The van der Waals surface area contributed by atoms with Crippen molar-refractivity contribution in [2.24, 2.45) is 0 Å². The number of sulfonamides is 1. The van der Waals surface area contributed by atoms with Crippen LogP contribution in [0.2, 0.25) is 0 Å². The Kier molecular flexibility index (Phi) is 9.22. The van der Waals surface area contributed by atoms with Crippen LogP contribution in [0.1, 0.15) is 31.7 Å². The summed E-state index contributed by atoms with van der Waals surface area (Å²) in [5.41, 5.74) is 3.21. The van der Waals surface area contributed by atoms with Crippen molar-refractivity contribution in [2.75, 3.05) is 25.4 Å². The summed E-state index contributed by atoms with van der Waals surface area (Å²) in [6.45, 7) is 5.05. The molecular weight excluding hydrogens is 555 g/mol. The number of nitrogens with zero attached hydrogens (tertiary/aromatic N) is 5. The van der Waals surface area contributed by atoms with Gasteiger partial charge in [-0.15, -0.1) is 10.2 Å². The van der Waals surface area contributed by atoms with Crippen LogP contribution in [0.25, 0.3) is 17.1 Å². The van der Waals surface area contributed by atoms with Gasteiger partial charge in [0.05, 0.1) is 4.90 Å². The molecule has 0 N–H and O–H groups in total. The molecule has 5 rings (SSSR count). The summed E-state index contributed by atoms with van der Waals surface area (Å²) in [7, 11) is -3.57. The zero-order valence-electron chi connectivity index (χ0n) is 23.4. The third-order valence-electron chi connectivity index (χ3n) is 7.24. The molecule has 1 amide bonds. The number of amides is 1. The number of piperazine rings is 1. The van der Waals surface area contributed by atoms with E-state index in [1.54, 1.807) is 47.0 Å². The molecule has 1 atom stereocenters. The third kappa shape index (κ3) is 6.72. The Bertz CT molecular complexity index is 1560. The number of rotatable bonds is 10.